The number of hydrogen-bond acceptors (Lipinski definition) is 8. The lowest BCUT2D eigenvalue weighted by molar-refractivity contribution is 0.0789. The number of anilines is 1. The summed E-state index contributed by atoms with van der Waals surface area (Å²) < 4.78 is 34.1. The van der Waals surface area contributed by atoms with Gasteiger partial charge in [-0.2, -0.15) is 0 Å². The second-order valence-corrected chi connectivity index (χ2v) is 11.0. The molecular weight excluding hydrogens is 432 g/mol. The molecule has 3 rings (SSSR count). The molecule has 1 aromatic heterocycles. The number of benzene rings is 1. The predicted molar refractivity (Wildman–Crippen MR) is 114 cm³/mol. The normalized spacial score (nSPS) is 14.4. The van der Waals surface area contributed by atoms with E-state index in [0.29, 0.717) is 29.1 Å². The van der Waals surface area contributed by atoms with Crippen LogP contribution in [0, 0.1) is 5.92 Å². The maximum atomic E-state index is 12.8. The molecule has 0 saturated carbocycles. The van der Waals surface area contributed by atoms with Crippen LogP contribution in [0.2, 0.25) is 0 Å². The highest BCUT2D eigenvalue weighted by atomic mass is 32.2. The Kier molecular flexibility index (Phi) is 7.01. The van der Waals surface area contributed by atoms with Gasteiger partial charge in [0.1, 0.15) is 5.75 Å². The van der Waals surface area contributed by atoms with Crippen molar-refractivity contribution < 1.29 is 17.9 Å². The first-order valence-corrected chi connectivity index (χ1v) is 12.5. The average Bonchev–Trinajstić information content (AvgIpc) is 3.37. The van der Waals surface area contributed by atoms with Crippen LogP contribution in [0.1, 0.15) is 37.0 Å². The maximum Gasteiger partial charge on any atom is 0.263 e. The van der Waals surface area contributed by atoms with E-state index in [9.17, 15) is 13.2 Å². The topological polar surface area (TPSA) is 101 Å². The smallest absolute Gasteiger partial charge is 0.263 e. The van der Waals surface area contributed by atoms with E-state index in [2.05, 4.69) is 28.8 Å². The van der Waals surface area contributed by atoms with Gasteiger partial charge in [-0.15, -0.1) is 10.2 Å². The zero-order chi connectivity index (χ0) is 21.0. The second kappa shape index (κ2) is 9.31. The molecule has 0 radical (unpaired) electrons. The number of aromatic nitrogens is 2. The molecule has 1 amide bonds. The molecule has 0 aliphatic carbocycles. The molecule has 158 valence electrons. The molecule has 11 heteroatoms. The van der Waals surface area contributed by atoms with Gasteiger partial charge in [0.2, 0.25) is 5.13 Å². The van der Waals surface area contributed by atoms with E-state index >= 15 is 0 Å². The van der Waals surface area contributed by atoms with Gasteiger partial charge in [0, 0.05) is 18.8 Å². The van der Waals surface area contributed by atoms with Crippen LogP contribution in [0.5, 0.6) is 5.75 Å². The van der Waals surface area contributed by atoms with Crippen LogP contribution >= 0.6 is 23.1 Å². The van der Waals surface area contributed by atoms with Crippen LogP contribution in [-0.4, -0.2) is 55.4 Å². The molecule has 29 heavy (non-hydrogen) atoms. The number of carbonyl (C=O) groups excluding carboxylic acids is 1. The molecule has 0 spiro atoms. The van der Waals surface area contributed by atoms with Gasteiger partial charge in [-0.05, 0) is 37.0 Å². The number of methoxy groups -OCH3 is 1. The minimum absolute atomic E-state index is 0.0209. The first kappa shape index (κ1) is 21.8. The van der Waals surface area contributed by atoms with Crippen molar-refractivity contribution in [1.29, 1.82) is 0 Å². The molecule has 0 unspecified atom stereocenters. The molecule has 0 bridgehead atoms. The van der Waals surface area contributed by atoms with E-state index in [1.165, 1.54) is 48.4 Å². The Hall–Kier alpha value is -1.85. The number of thioether (sulfide) groups is 1. The number of hydrogen-bond donors (Lipinski definition) is 1. The third-order valence-electron chi connectivity index (χ3n) is 4.27. The van der Waals surface area contributed by atoms with E-state index in [4.69, 9.17) is 4.74 Å². The highest BCUT2D eigenvalue weighted by Gasteiger charge is 2.25. The number of carbonyl (C=O) groups is 1. The Labute approximate surface area is 179 Å². The van der Waals surface area contributed by atoms with E-state index < -0.39 is 10.0 Å². The fourth-order valence-corrected chi connectivity index (χ4v) is 5.82. The molecule has 1 N–H and O–H groups in total. The lowest BCUT2D eigenvalue weighted by atomic mass is 10.1. The molecule has 2 heterocycles. The summed E-state index contributed by atoms with van der Waals surface area (Å²) in [5.74, 6) is 1.50. The summed E-state index contributed by atoms with van der Waals surface area (Å²) in [6, 6.07) is 4.27. The van der Waals surface area contributed by atoms with Gasteiger partial charge in [0.15, 0.2) is 4.34 Å². The summed E-state index contributed by atoms with van der Waals surface area (Å²) in [4.78, 5) is 14.5. The lowest BCUT2D eigenvalue weighted by Gasteiger charge is -2.18. The fraction of sp³-hybridized carbons (Fsp3) is 0.500. The molecule has 8 nitrogen and oxygen atoms in total. The number of ether oxygens (including phenoxy) is 1. The van der Waals surface area contributed by atoms with Gasteiger partial charge in [0.25, 0.3) is 15.9 Å². The number of nitrogens with one attached hydrogen (secondary N) is 1. The minimum atomic E-state index is -3.91. The van der Waals surface area contributed by atoms with Crippen molar-refractivity contribution in [3.63, 3.8) is 0 Å². The fourth-order valence-electron chi connectivity index (χ4n) is 2.83. The van der Waals surface area contributed by atoms with Crippen LogP contribution < -0.4 is 9.46 Å². The highest BCUT2D eigenvalue weighted by molar-refractivity contribution is 8.01. The van der Waals surface area contributed by atoms with Crippen LogP contribution in [0.3, 0.4) is 0 Å². The number of nitrogens with zero attached hydrogens (tertiary/aromatic N) is 3. The molecule has 1 aliphatic rings. The van der Waals surface area contributed by atoms with Crippen LogP contribution in [0.4, 0.5) is 5.13 Å². The van der Waals surface area contributed by atoms with Crippen molar-refractivity contribution in [1.82, 2.24) is 15.1 Å². The average molecular weight is 457 g/mol. The Morgan fingerprint density at radius 1 is 1.31 bits per heavy atom. The van der Waals surface area contributed by atoms with Crippen LogP contribution in [0.15, 0.2) is 27.4 Å². The van der Waals surface area contributed by atoms with E-state index in [1.807, 2.05) is 0 Å². The van der Waals surface area contributed by atoms with Crippen LogP contribution in [0.25, 0.3) is 0 Å². The molecule has 1 aliphatic heterocycles. The number of likely N-dealkylation sites (tertiary alicyclic amines) is 1. The molecule has 0 atom stereocenters. The monoisotopic (exact) mass is 456 g/mol. The summed E-state index contributed by atoms with van der Waals surface area (Å²) in [6.07, 6.45) is 1.89. The van der Waals surface area contributed by atoms with Gasteiger partial charge < -0.3 is 9.64 Å². The molecule has 1 aromatic carbocycles. The zero-order valence-corrected chi connectivity index (χ0v) is 19.0. The Morgan fingerprint density at radius 2 is 2.03 bits per heavy atom. The van der Waals surface area contributed by atoms with Gasteiger partial charge in [-0.25, -0.2) is 8.42 Å². The first-order valence-electron chi connectivity index (χ1n) is 9.26. The van der Waals surface area contributed by atoms with Crippen molar-refractivity contribution >= 4 is 44.2 Å². The molecule has 2 aromatic rings. The summed E-state index contributed by atoms with van der Waals surface area (Å²) in [5, 5.41) is 8.13. The van der Waals surface area contributed by atoms with Crippen molar-refractivity contribution in [2.45, 2.75) is 35.9 Å². The first-order chi connectivity index (χ1) is 13.8. The third kappa shape index (κ3) is 5.40. The highest BCUT2D eigenvalue weighted by Crippen LogP contribution is 2.30. The third-order valence-corrected chi connectivity index (χ3v) is 8.14. The Morgan fingerprint density at radius 3 is 2.69 bits per heavy atom. The molecule has 1 saturated heterocycles. The number of amides is 1. The predicted octanol–water partition coefficient (Wildman–Crippen LogP) is 3.33. The molecular formula is C18H24N4O4S3. The summed E-state index contributed by atoms with van der Waals surface area (Å²) >= 11 is 2.73. The number of sulfonamides is 1. The maximum absolute atomic E-state index is 12.8. The lowest BCUT2D eigenvalue weighted by Crippen LogP contribution is -2.28. The van der Waals surface area contributed by atoms with Gasteiger partial charge in [0.05, 0.1) is 17.6 Å². The quantitative estimate of drug-likeness (QED) is 0.608. The Balaban J connectivity index is 1.81. The van der Waals surface area contributed by atoms with Crippen molar-refractivity contribution in [2.24, 2.45) is 5.92 Å². The number of rotatable bonds is 8. The van der Waals surface area contributed by atoms with Crippen molar-refractivity contribution in [2.75, 3.05) is 30.7 Å². The van der Waals surface area contributed by atoms with Crippen molar-refractivity contribution in [3.8, 4) is 5.75 Å². The van der Waals surface area contributed by atoms with E-state index in [0.717, 1.165) is 18.6 Å². The SMILES string of the molecule is COc1ccc(S(=O)(=O)Nc2nnc(SCC(C)C)s2)cc1C(=O)N1CCCC1. The Bertz CT molecular complexity index is 969. The minimum Gasteiger partial charge on any atom is -0.496 e. The summed E-state index contributed by atoms with van der Waals surface area (Å²) in [7, 11) is -2.45. The summed E-state index contributed by atoms with van der Waals surface area (Å²) in [6.45, 7) is 5.53. The van der Waals surface area contributed by atoms with Crippen molar-refractivity contribution in [3.05, 3.63) is 23.8 Å². The van der Waals surface area contributed by atoms with E-state index in [1.54, 1.807) is 4.90 Å². The van der Waals surface area contributed by atoms with Crippen LogP contribution in [-0.2, 0) is 10.0 Å². The van der Waals surface area contributed by atoms with Gasteiger partial charge >= 0.3 is 0 Å². The molecule has 1 fully saturated rings. The second-order valence-electron chi connectivity index (χ2n) is 7.04. The largest absolute Gasteiger partial charge is 0.496 e. The van der Waals surface area contributed by atoms with Gasteiger partial charge in [-0.1, -0.05) is 36.9 Å². The van der Waals surface area contributed by atoms with Gasteiger partial charge in [-0.3, -0.25) is 9.52 Å². The summed E-state index contributed by atoms with van der Waals surface area (Å²) in [5.41, 5.74) is 0.239. The zero-order valence-electron chi connectivity index (χ0n) is 16.5. The standard InChI is InChI=1S/C18H24N4O4S3/c1-12(2)11-27-18-20-19-17(28-18)21-29(24,25)13-6-7-15(26-3)14(10-13)16(23)22-8-4-5-9-22/h6-7,10,12H,4-5,8-9,11H2,1-3H3,(H,19,21). The van der Waals surface area contributed by atoms with E-state index in [-0.39, 0.29) is 21.5 Å².